The number of benzene rings is 1. The molecular formula is C20H29FN2O2. The minimum Gasteiger partial charge on any atom is -0.381 e. The predicted molar refractivity (Wildman–Crippen MR) is 96.9 cm³/mol. The molecule has 0 bridgehead atoms. The van der Waals surface area contributed by atoms with E-state index in [-0.39, 0.29) is 23.6 Å². The highest BCUT2D eigenvalue weighted by Crippen LogP contribution is 2.32. The molecule has 2 fully saturated rings. The third kappa shape index (κ3) is 4.59. The summed E-state index contributed by atoms with van der Waals surface area (Å²) in [6, 6.07) is 4.46. The zero-order valence-corrected chi connectivity index (χ0v) is 15.0. The van der Waals surface area contributed by atoms with Crippen LogP contribution in [-0.2, 0) is 9.53 Å². The van der Waals surface area contributed by atoms with Gasteiger partial charge in [0, 0.05) is 18.9 Å². The van der Waals surface area contributed by atoms with Crippen LogP contribution in [0.15, 0.2) is 18.2 Å². The zero-order valence-electron chi connectivity index (χ0n) is 15.0. The molecule has 0 spiro atoms. The molecule has 0 radical (unpaired) electrons. The molecule has 1 aromatic rings. The van der Waals surface area contributed by atoms with Gasteiger partial charge in [0.05, 0.1) is 6.04 Å². The third-order valence-corrected chi connectivity index (χ3v) is 5.80. The fourth-order valence-corrected chi connectivity index (χ4v) is 4.03. The minimum absolute atomic E-state index is 0.199. The standard InChI is InChI=1S/C20H29FN2O2/c1-13-2-4-15(5-3-13)19(22)20(24)23-16-6-7-17(18(21)12-16)14-8-10-25-11-9-14/h6-7,12-15,19H,2-5,8-11,22H2,1H3,(H,23,24)/t13?,15?,19-/m0/s1. The quantitative estimate of drug-likeness (QED) is 0.869. The molecule has 0 aromatic heterocycles. The number of hydrogen-bond acceptors (Lipinski definition) is 3. The number of amides is 1. The molecule has 1 saturated heterocycles. The summed E-state index contributed by atoms with van der Waals surface area (Å²) >= 11 is 0. The molecule has 1 heterocycles. The summed E-state index contributed by atoms with van der Waals surface area (Å²) in [6.07, 6.45) is 5.92. The lowest BCUT2D eigenvalue weighted by atomic mass is 9.79. The maximum absolute atomic E-state index is 14.5. The zero-order chi connectivity index (χ0) is 17.8. The average Bonchev–Trinajstić information content (AvgIpc) is 2.62. The number of anilines is 1. The number of hydrogen-bond donors (Lipinski definition) is 2. The molecule has 4 nitrogen and oxygen atoms in total. The van der Waals surface area contributed by atoms with Gasteiger partial charge in [0.25, 0.3) is 0 Å². The van der Waals surface area contributed by atoms with Gasteiger partial charge in [-0.1, -0.05) is 25.8 Å². The summed E-state index contributed by atoms with van der Waals surface area (Å²) in [5.74, 6) is 0.674. The van der Waals surface area contributed by atoms with E-state index in [4.69, 9.17) is 10.5 Å². The molecule has 0 unspecified atom stereocenters. The lowest BCUT2D eigenvalue weighted by molar-refractivity contribution is -0.118. The van der Waals surface area contributed by atoms with Gasteiger partial charge in [-0.05, 0) is 61.1 Å². The maximum Gasteiger partial charge on any atom is 0.241 e. The molecule has 2 aliphatic rings. The molecule has 5 heteroatoms. The Labute approximate surface area is 149 Å². The number of rotatable bonds is 4. The molecule has 138 valence electrons. The van der Waals surface area contributed by atoms with Crippen molar-refractivity contribution in [1.29, 1.82) is 0 Å². The van der Waals surface area contributed by atoms with Crippen molar-refractivity contribution >= 4 is 11.6 Å². The van der Waals surface area contributed by atoms with E-state index >= 15 is 0 Å². The highest BCUT2D eigenvalue weighted by molar-refractivity contribution is 5.94. The van der Waals surface area contributed by atoms with E-state index in [1.54, 1.807) is 12.1 Å². The molecule has 25 heavy (non-hydrogen) atoms. The van der Waals surface area contributed by atoms with E-state index in [1.807, 2.05) is 0 Å². The molecule has 1 aliphatic heterocycles. The van der Waals surface area contributed by atoms with E-state index in [0.717, 1.165) is 44.4 Å². The molecular weight excluding hydrogens is 319 g/mol. The van der Waals surface area contributed by atoms with Crippen LogP contribution in [0.4, 0.5) is 10.1 Å². The Morgan fingerprint density at radius 2 is 1.88 bits per heavy atom. The summed E-state index contributed by atoms with van der Waals surface area (Å²) < 4.78 is 19.8. The monoisotopic (exact) mass is 348 g/mol. The first kappa shape index (κ1) is 18.3. The Balaban J connectivity index is 1.60. The maximum atomic E-state index is 14.5. The van der Waals surface area contributed by atoms with Gasteiger partial charge in [0.1, 0.15) is 5.82 Å². The normalized spacial score (nSPS) is 26.2. The van der Waals surface area contributed by atoms with E-state index in [0.29, 0.717) is 24.5 Å². The van der Waals surface area contributed by atoms with Crippen LogP contribution in [0.3, 0.4) is 0 Å². The molecule has 1 amide bonds. The van der Waals surface area contributed by atoms with Crippen LogP contribution in [0.5, 0.6) is 0 Å². The summed E-state index contributed by atoms with van der Waals surface area (Å²) in [7, 11) is 0. The molecule has 3 rings (SSSR count). The lowest BCUT2D eigenvalue weighted by Crippen LogP contribution is -2.43. The first-order valence-corrected chi connectivity index (χ1v) is 9.48. The van der Waals surface area contributed by atoms with E-state index in [1.165, 1.54) is 6.07 Å². The fraction of sp³-hybridized carbons (Fsp3) is 0.650. The Hall–Kier alpha value is -1.46. The van der Waals surface area contributed by atoms with Gasteiger partial charge in [-0.2, -0.15) is 0 Å². The highest BCUT2D eigenvalue weighted by atomic mass is 19.1. The highest BCUT2D eigenvalue weighted by Gasteiger charge is 2.28. The average molecular weight is 348 g/mol. The van der Waals surface area contributed by atoms with Crippen molar-refractivity contribution in [2.75, 3.05) is 18.5 Å². The fourth-order valence-electron chi connectivity index (χ4n) is 4.03. The number of halogens is 1. The van der Waals surface area contributed by atoms with Gasteiger partial charge in [-0.25, -0.2) is 4.39 Å². The van der Waals surface area contributed by atoms with Crippen LogP contribution in [-0.4, -0.2) is 25.2 Å². The molecule has 3 N–H and O–H groups in total. The van der Waals surface area contributed by atoms with Gasteiger partial charge in [0.2, 0.25) is 5.91 Å². The van der Waals surface area contributed by atoms with Crippen LogP contribution >= 0.6 is 0 Å². The first-order chi connectivity index (χ1) is 12.0. The second-order valence-corrected chi connectivity index (χ2v) is 7.66. The van der Waals surface area contributed by atoms with Crippen molar-refractivity contribution in [2.45, 2.75) is 57.4 Å². The Morgan fingerprint density at radius 1 is 1.20 bits per heavy atom. The number of carbonyl (C=O) groups is 1. The summed E-state index contributed by atoms with van der Waals surface area (Å²) in [5.41, 5.74) is 7.35. The number of nitrogens with one attached hydrogen (secondary N) is 1. The smallest absolute Gasteiger partial charge is 0.241 e. The number of ether oxygens (including phenoxy) is 1. The van der Waals surface area contributed by atoms with Gasteiger partial charge in [-0.3, -0.25) is 4.79 Å². The van der Waals surface area contributed by atoms with Crippen LogP contribution in [0.25, 0.3) is 0 Å². The molecule has 1 atom stereocenters. The number of nitrogens with two attached hydrogens (primary N) is 1. The second-order valence-electron chi connectivity index (χ2n) is 7.66. The predicted octanol–water partition coefficient (Wildman–Crippen LogP) is 3.81. The van der Waals surface area contributed by atoms with E-state index < -0.39 is 6.04 Å². The Morgan fingerprint density at radius 3 is 2.52 bits per heavy atom. The van der Waals surface area contributed by atoms with Crippen LogP contribution in [0, 0.1) is 17.7 Å². The second kappa shape index (κ2) is 8.28. The van der Waals surface area contributed by atoms with Crippen LogP contribution < -0.4 is 11.1 Å². The van der Waals surface area contributed by atoms with Gasteiger partial charge in [-0.15, -0.1) is 0 Å². The summed E-state index contributed by atoms with van der Waals surface area (Å²) in [5, 5.41) is 2.79. The van der Waals surface area contributed by atoms with Crippen molar-refractivity contribution in [3.05, 3.63) is 29.6 Å². The van der Waals surface area contributed by atoms with Crippen molar-refractivity contribution in [3.63, 3.8) is 0 Å². The summed E-state index contributed by atoms with van der Waals surface area (Å²) in [6.45, 7) is 3.60. The van der Waals surface area contributed by atoms with Crippen molar-refractivity contribution in [1.82, 2.24) is 0 Å². The Kier molecular flexibility index (Phi) is 6.07. The van der Waals surface area contributed by atoms with Crippen molar-refractivity contribution < 1.29 is 13.9 Å². The summed E-state index contributed by atoms with van der Waals surface area (Å²) in [4.78, 5) is 12.4. The van der Waals surface area contributed by atoms with Crippen LogP contribution in [0.2, 0.25) is 0 Å². The lowest BCUT2D eigenvalue weighted by Gasteiger charge is -2.29. The molecule has 1 aliphatic carbocycles. The van der Waals surface area contributed by atoms with E-state index in [2.05, 4.69) is 12.2 Å². The minimum atomic E-state index is -0.522. The van der Waals surface area contributed by atoms with Crippen molar-refractivity contribution in [2.24, 2.45) is 17.6 Å². The third-order valence-electron chi connectivity index (χ3n) is 5.80. The molecule has 1 aromatic carbocycles. The van der Waals surface area contributed by atoms with Gasteiger partial charge >= 0.3 is 0 Å². The number of carbonyl (C=O) groups excluding carboxylic acids is 1. The molecule has 1 saturated carbocycles. The van der Waals surface area contributed by atoms with Gasteiger partial charge in [0.15, 0.2) is 0 Å². The van der Waals surface area contributed by atoms with E-state index in [9.17, 15) is 9.18 Å². The topological polar surface area (TPSA) is 64.4 Å². The first-order valence-electron chi connectivity index (χ1n) is 9.48. The Bertz CT molecular complexity index is 593. The van der Waals surface area contributed by atoms with Gasteiger partial charge < -0.3 is 15.8 Å². The van der Waals surface area contributed by atoms with Crippen molar-refractivity contribution in [3.8, 4) is 0 Å². The largest absolute Gasteiger partial charge is 0.381 e. The SMILES string of the molecule is CC1CCC([C@H](N)C(=O)Nc2ccc(C3CCOCC3)c(F)c2)CC1. The van der Waals surface area contributed by atoms with Crippen LogP contribution in [0.1, 0.15) is 56.9 Å².